The number of hydrogen-bond acceptors (Lipinski definition) is 3. The summed E-state index contributed by atoms with van der Waals surface area (Å²) in [5, 5.41) is 13.3. The SMILES string of the molecule is O=C([O-])c1ccc(NC(=O)c2cccc(Br)c2)cc1. The summed E-state index contributed by atoms with van der Waals surface area (Å²) in [5.74, 6) is -1.51. The molecule has 0 aliphatic heterocycles. The van der Waals surface area contributed by atoms with Gasteiger partial charge < -0.3 is 15.2 Å². The zero-order valence-corrected chi connectivity index (χ0v) is 11.3. The first-order valence-electron chi connectivity index (χ1n) is 5.44. The second-order valence-electron chi connectivity index (χ2n) is 3.83. The number of amides is 1. The molecule has 0 aliphatic carbocycles. The predicted octanol–water partition coefficient (Wildman–Crippen LogP) is 2.06. The van der Waals surface area contributed by atoms with Crippen LogP contribution in [0.1, 0.15) is 20.7 Å². The highest BCUT2D eigenvalue weighted by atomic mass is 79.9. The molecule has 1 amide bonds. The van der Waals surface area contributed by atoms with E-state index in [0.717, 1.165) is 4.47 Å². The summed E-state index contributed by atoms with van der Waals surface area (Å²) >= 11 is 3.29. The molecule has 1 N–H and O–H groups in total. The summed E-state index contributed by atoms with van der Waals surface area (Å²) in [5.41, 5.74) is 1.11. The Hall–Kier alpha value is -2.14. The van der Waals surface area contributed by atoms with E-state index in [1.54, 1.807) is 18.2 Å². The Morgan fingerprint density at radius 3 is 2.26 bits per heavy atom. The topological polar surface area (TPSA) is 69.2 Å². The number of rotatable bonds is 3. The summed E-state index contributed by atoms with van der Waals surface area (Å²) < 4.78 is 0.812. The summed E-state index contributed by atoms with van der Waals surface area (Å²) in [7, 11) is 0. The van der Waals surface area contributed by atoms with E-state index in [2.05, 4.69) is 21.2 Å². The van der Waals surface area contributed by atoms with E-state index in [1.165, 1.54) is 24.3 Å². The quantitative estimate of drug-likeness (QED) is 0.941. The van der Waals surface area contributed by atoms with Crippen molar-refractivity contribution in [3.05, 3.63) is 64.1 Å². The lowest BCUT2D eigenvalue weighted by molar-refractivity contribution is -0.255. The first-order valence-corrected chi connectivity index (χ1v) is 6.24. The van der Waals surface area contributed by atoms with Gasteiger partial charge in [0.2, 0.25) is 0 Å². The lowest BCUT2D eigenvalue weighted by Crippen LogP contribution is -2.22. The van der Waals surface area contributed by atoms with Gasteiger partial charge in [-0.15, -0.1) is 0 Å². The number of carboxylic acids is 1. The molecular formula is C14H9BrNO3-. The first-order chi connectivity index (χ1) is 9.06. The minimum atomic E-state index is -1.25. The Morgan fingerprint density at radius 1 is 1.00 bits per heavy atom. The molecule has 0 radical (unpaired) electrons. The number of carbonyl (C=O) groups is 2. The Bertz CT molecular complexity index is 623. The minimum Gasteiger partial charge on any atom is -0.545 e. The van der Waals surface area contributed by atoms with E-state index in [9.17, 15) is 14.7 Å². The standard InChI is InChI=1S/C14H10BrNO3/c15-11-3-1-2-10(8-11)13(17)16-12-6-4-9(5-7-12)14(18)19/h1-8H,(H,16,17)(H,18,19)/p-1. The average molecular weight is 319 g/mol. The fraction of sp³-hybridized carbons (Fsp3) is 0. The number of carboxylic acid groups (broad SMARTS) is 1. The minimum absolute atomic E-state index is 0.0699. The molecule has 0 saturated carbocycles. The van der Waals surface area contributed by atoms with Crippen molar-refractivity contribution in [1.82, 2.24) is 0 Å². The van der Waals surface area contributed by atoms with E-state index in [-0.39, 0.29) is 11.5 Å². The van der Waals surface area contributed by atoms with Crippen molar-refractivity contribution >= 4 is 33.5 Å². The number of aromatic carboxylic acids is 1. The van der Waals surface area contributed by atoms with Crippen LogP contribution in [0.15, 0.2) is 53.0 Å². The van der Waals surface area contributed by atoms with E-state index in [4.69, 9.17) is 0 Å². The molecule has 0 spiro atoms. The highest BCUT2D eigenvalue weighted by Crippen LogP contribution is 2.14. The molecule has 0 atom stereocenters. The van der Waals surface area contributed by atoms with Crippen molar-refractivity contribution in [3.8, 4) is 0 Å². The van der Waals surface area contributed by atoms with E-state index in [1.807, 2.05) is 6.07 Å². The molecule has 19 heavy (non-hydrogen) atoms. The van der Waals surface area contributed by atoms with Gasteiger partial charge in [-0.05, 0) is 35.9 Å². The van der Waals surface area contributed by atoms with Crippen molar-refractivity contribution in [2.24, 2.45) is 0 Å². The van der Waals surface area contributed by atoms with Gasteiger partial charge in [0.1, 0.15) is 0 Å². The van der Waals surface area contributed by atoms with Crippen LogP contribution in [0.3, 0.4) is 0 Å². The van der Waals surface area contributed by atoms with Crippen LogP contribution in [0.5, 0.6) is 0 Å². The van der Waals surface area contributed by atoms with E-state index >= 15 is 0 Å². The molecule has 0 heterocycles. The summed E-state index contributed by atoms with van der Waals surface area (Å²) in [6.45, 7) is 0. The predicted molar refractivity (Wildman–Crippen MR) is 72.9 cm³/mol. The Morgan fingerprint density at radius 2 is 1.68 bits per heavy atom. The van der Waals surface area contributed by atoms with Gasteiger partial charge in [-0.1, -0.05) is 34.1 Å². The van der Waals surface area contributed by atoms with Crippen molar-refractivity contribution < 1.29 is 14.7 Å². The molecule has 2 aromatic carbocycles. The summed E-state index contributed by atoms with van der Waals surface area (Å²) in [6, 6.07) is 12.8. The molecule has 0 fully saturated rings. The van der Waals surface area contributed by atoms with Gasteiger partial charge in [0.15, 0.2) is 0 Å². The van der Waals surface area contributed by atoms with Crippen LogP contribution in [-0.4, -0.2) is 11.9 Å². The summed E-state index contributed by atoms with van der Waals surface area (Å²) in [4.78, 5) is 22.5. The lowest BCUT2D eigenvalue weighted by Gasteiger charge is -2.07. The van der Waals surface area contributed by atoms with Crippen molar-refractivity contribution in [3.63, 3.8) is 0 Å². The monoisotopic (exact) mass is 318 g/mol. The summed E-state index contributed by atoms with van der Waals surface area (Å²) in [6.07, 6.45) is 0. The molecule has 0 aliphatic rings. The Kier molecular flexibility index (Phi) is 3.97. The van der Waals surface area contributed by atoms with Gasteiger partial charge in [-0.2, -0.15) is 0 Å². The van der Waals surface area contributed by atoms with Gasteiger partial charge in [-0.3, -0.25) is 4.79 Å². The third-order valence-corrected chi connectivity index (χ3v) is 2.96. The Labute approximate surface area is 118 Å². The smallest absolute Gasteiger partial charge is 0.255 e. The highest BCUT2D eigenvalue weighted by molar-refractivity contribution is 9.10. The molecule has 0 unspecified atom stereocenters. The second-order valence-corrected chi connectivity index (χ2v) is 4.74. The van der Waals surface area contributed by atoms with E-state index in [0.29, 0.717) is 11.3 Å². The molecule has 0 saturated heterocycles. The second kappa shape index (κ2) is 5.67. The molecule has 0 bridgehead atoms. The zero-order chi connectivity index (χ0) is 13.8. The maximum Gasteiger partial charge on any atom is 0.255 e. The van der Waals surface area contributed by atoms with Gasteiger partial charge in [0, 0.05) is 15.7 Å². The fourth-order valence-electron chi connectivity index (χ4n) is 1.52. The molecular weight excluding hydrogens is 310 g/mol. The molecule has 0 aromatic heterocycles. The van der Waals surface area contributed by atoms with Crippen molar-refractivity contribution in [2.75, 3.05) is 5.32 Å². The average Bonchev–Trinajstić information content (AvgIpc) is 2.39. The number of halogens is 1. The van der Waals surface area contributed by atoms with Gasteiger partial charge in [0.05, 0.1) is 5.97 Å². The maximum absolute atomic E-state index is 11.9. The number of carbonyl (C=O) groups excluding carboxylic acids is 2. The third-order valence-electron chi connectivity index (χ3n) is 2.47. The number of anilines is 1. The molecule has 2 aromatic rings. The van der Waals surface area contributed by atoms with Gasteiger partial charge >= 0.3 is 0 Å². The molecule has 4 nitrogen and oxygen atoms in total. The first kappa shape index (κ1) is 13.3. The maximum atomic E-state index is 11.9. The van der Waals surface area contributed by atoms with Crippen molar-refractivity contribution in [1.29, 1.82) is 0 Å². The fourth-order valence-corrected chi connectivity index (χ4v) is 1.92. The molecule has 2 rings (SSSR count). The van der Waals surface area contributed by atoms with Crippen LogP contribution in [0, 0.1) is 0 Å². The third kappa shape index (κ3) is 3.42. The number of hydrogen-bond donors (Lipinski definition) is 1. The normalized spacial score (nSPS) is 9.95. The Balaban J connectivity index is 2.13. The lowest BCUT2D eigenvalue weighted by atomic mass is 10.2. The largest absolute Gasteiger partial charge is 0.545 e. The number of benzene rings is 2. The number of nitrogens with one attached hydrogen (secondary N) is 1. The van der Waals surface area contributed by atoms with E-state index < -0.39 is 5.97 Å². The van der Waals surface area contributed by atoms with Crippen LogP contribution >= 0.6 is 15.9 Å². The van der Waals surface area contributed by atoms with Crippen LogP contribution < -0.4 is 10.4 Å². The highest BCUT2D eigenvalue weighted by Gasteiger charge is 2.06. The zero-order valence-electron chi connectivity index (χ0n) is 9.72. The van der Waals surface area contributed by atoms with Crippen LogP contribution in [0.4, 0.5) is 5.69 Å². The van der Waals surface area contributed by atoms with Crippen LogP contribution in [0.25, 0.3) is 0 Å². The van der Waals surface area contributed by atoms with Gasteiger partial charge in [0.25, 0.3) is 5.91 Å². The molecule has 5 heteroatoms. The van der Waals surface area contributed by atoms with Gasteiger partial charge in [-0.25, -0.2) is 0 Å². The van der Waals surface area contributed by atoms with Crippen molar-refractivity contribution in [2.45, 2.75) is 0 Å². The molecule has 96 valence electrons. The van der Waals surface area contributed by atoms with Crippen LogP contribution in [-0.2, 0) is 0 Å². The van der Waals surface area contributed by atoms with Crippen LogP contribution in [0.2, 0.25) is 0 Å².